The van der Waals surface area contributed by atoms with Gasteiger partial charge in [0, 0.05) is 43.7 Å². The third kappa shape index (κ3) is 5.11. The maximum Gasteiger partial charge on any atom is 0.115 e. The summed E-state index contributed by atoms with van der Waals surface area (Å²) < 4.78 is 12.8. The third-order valence-corrected chi connectivity index (χ3v) is 7.26. The molecule has 0 bridgehead atoms. The van der Waals surface area contributed by atoms with Gasteiger partial charge >= 0.3 is 0 Å². The monoisotopic (exact) mass is 470 g/mol. The van der Waals surface area contributed by atoms with Crippen molar-refractivity contribution in [3.05, 3.63) is 70.7 Å². The number of pyridine rings is 1. The summed E-state index contributed by atoms with van der Waals surface area (Å²) >= 11 is 4.96. The Kier molecular flexibility index (Phi) is 7.43. The number of hydrogen-bond donors (Lipinski definition) is 0. The van der Waals surface area contributed by atoms with E-state index in [2.05, 4.69) is 22.0 Å². The summed E-state index contributed by atoms with van der Waals surface area (Å²) in [4.78, 5) is 4.78. The van der Waals surface area contributed by atoms with Crippen molar-refractivity contribution in [2.24, 2.45) is 0 Å². The normalized spacial score (nSPS) is 11.8. The minimum absolute atomic E-state index is 0.569. The van der Waals surface area contributed by atoms with Crippen molar-refractivity contribution >= 4 is 38.5 Å². The molecular weight excluding hydrogens is 452 g/mol. The fourth-order valence-electron chi connectivity index (χ4n) is 2.72. The molecule has 1 heterocycles. The SMILES string of the molecule is CC[S@](=O)CCSc1nc(-c2ccc(Br)cc2)cc(-c2ccccc2)c1C#N. The van der Waals surface area contributed by atoms with Gasteiger partial charge in [0.1, 0.15) is 11.1 Å². The molecule has 0 aliphatic heterocycles. The van der Waals surface area contributed by atoms with Crippen LogP contribution in [0.4, 0.5) is 0 Å². The zero-order valence-corrected chi connectivity index (χ0v) is 18.6. The van der Waals surface area contributed by atoms with Crippen LogP contribution < -0.4 is 0 Å². The van der Waals surface area contributed by atoms with Crippen LogP contribution in [0.15, 0.2) is 70.2 Å². The van der Waals surface area contributed by atoms with Crippen molar-refractivity contribution in [3.8, 4) is 28.5 Å². The Morgan fingerprint density at radius 2 is 1.82 bits per heavy atom. The van der Waals surface area contributed by atoms with Gasteiger partial charge in [-0.25, -0.2) is 4.98 Å². The summed E-state index contributed by atoms with van der Waals surface area (Å²) in [5, 5.41) is 10.5. The maximum atomic E-state index is 11.8. The van der Waals surface area contributed by atoms with E-state index in [1.807, 2.05) is 67.6 Å². The number of halogens is 1. The molecule has 0 N–H and O–H groups in total. The number of benzene rings is 2. The Bertz CT molecular complexity index is 1020. The molecule has 28 heavy (non-hydrogen) atoms. The molecule has 0 aliphatic rings. The van der Waals surface area contributed by atoms with Crippen molar-refractivity contribution < 1.29 is 4.21 Å². The highest BCUT2D eigenvalue weighted by Crippen LogP contribution is 2.34. The van der Waals surface area contributed by atoms with Gasteiger partial charge < -0.3 is 0 Å². The van der Waals surface area contributed by atoms with Crippen molar-refractivity contribution in [2.45, 2.75) is 11.9 Å². The van der Waals surface area contributed by atoms with E-state index in [1.54, 1.807) is 0 Å². The van der Waals surface area contributed by atoms with Crippen LogP contribution >= 0.6 is 27.7 Å². The summed E-state index contributed by atoms with van der Waals surface area (Å²) in [7, 11) is -0.831. The van der Waals surface area contributed by atoms with Gasteiger partial charge in [-0.3, -0.25) is 4.21 Å². The third-order valence-electron chi connectivity index (χ3n) is 4.19. The van der Waals surface area contributed by atoms with E-state index < -0.39 is 10.8 Å². The quantitative estimate of drug-likeness (QED) is 0.402. The second-order valence-corrected chi connectivity index (χ2v) is 9.87. The first-order valence-corrected chi connectivity index (χ1v) is 12.1. The van der Waals surface area contributed by atoms with Crippen LogP contribution in [0.25, 0.3) is 22.4 Å². The van der Waals surface area contributed by atoms with E-state index in [1.165, 1.54) is 11.8 Å². The van der Waals surface area contributed by atoms with E-state index in [0.717, 1.165) is 26.9 Å². The highest BCUT2D eigenvalue weighted by molar-refractivity contribution is 9.10. The molecule has 142 valence electrons. The van der Waals surface area contributed by atoms with Gasteiger partial charge in [0.2, 0.25) is 0 Å². The minimum atomic E-state index is -0.831. The van der Waals surface area contributed by atoms with Crippen molar-refractivity contribution in [2.75, 3.05) is 17.3 Å². The number of hydrogen-bond acceptors (Lipinski definition) is 4. The lowest BCUT2D eigenvalue weighted by Crippen LogP contribution is -2.03. The smallest absolute Gasteiger partial charge is 0.115 e. The molecule has 1 atom stereocenters. The van der Waals surface area contributed by atoms with Gasteiger partial charge in [-0.1, -0.05) is 65.3 Å². The summed E-state index contributed by atoms with van der Waals surface area (Å²) in [6.07, 6.45) is 0. The Labute approximate surface area is 180 Å². The molecule has 0 unspecified atom stereocenters. The van der Waals surface area contributed by atoms with Crippen molar-refractivity contribution in [1.82, 2.24) is 4.98 Å². The second kappa shape index (κ2) is 10.0. The zero-order valence-electron chi connectivity index (χ0n) is 15.4. The maximum absolute atomic E-state index is 11.8. The summed E-state index contributed by atoms with van der Waals surface area (Å²) in [5.41, 5.74) is 4.24. The van der Waals surface area contributed by atoms with Gasteiger partial charge in [0.25, 0.3) is 0 Å². The van der Waals surface area contributed by atoms with E-state index in [4.69, 9.17) is 4.98 Å². The van der Waals surface area contributed by atoms with Crippen LogP contribution in [0.2, 0.25) is 0 Å². The number of aromatic nitrogens is 1. The lowest BCUT2D eigenvalue weighted by molar-refractivity contribution is 0.685. The van der Waals surface area contributed by atoms with Gasteiger partial charge in [-0.05, 0) is 23.8 Å². The fourth-order valence-corrected chi connectivity index (χ4v) is 5.01. The lowest BCUT2D eigenvalue weighted by Gasteiger charge is -2.12. The summed E-state index contributed by atoms with van der Waals surface area (Å²) in [6, 6.07) is 22.2. The first-order chi connectivity index (χ1) is 13.6. The van der Waals surface area contributed by atoms with E-state index in [0.29, 0.717) is 27.8 Å². The highest BCUT2D eigenvalue weighted by atomic mass is 79.9. The highest BCUT2D eigenvalue weighted by Gasteiger charge is 2.16. The fraction of sp³-hybridized carbons (Fsp3) is 0.182. The first kappa shape index (κ1) is 20.8. The molecule has 1 aromatic heterocycles. The van der Waals surface area contributed by atoms with Gasteiger partial charge in [-0.15, -0.1) is 11.8 Å². The second-order valence-electron chi connectivity index (χ2n) is 6.00. The van der Waals surface area contributed by atoms with Crippen LogP contribution in [0.5, 0.6) is 0 Å². The predicted octanol–water partition coefficient (Wildman–Crippen LogP) is 5.91. The van der Waals surface area contributed by atoms with E-state index in [-0.39, 0.29) is 0 Å². The zero-order chi connectivity index (χ0) is 19.9. The van der Waals surface area contributed by atoms with Crippen LogP contribution in [-0.2, 0) is 10.8 Å². The molecule has 3 rings (SSSR count). The van der Waals surface area contributed by atoms with Gasteiger partial charge in [0.05, 0.1) is 11.3 Å². The number of nitrogens with zero attached hydrogens (tertiary/aromatic N) is 2. The molecule has 0 radical (unpaired) electrons. The molecule has 0 aliphatic carbocycles. The number of thioether (sulfide) groups is 1. The van der Waals surface area contributed by atoms with Crippen LogP contribution in [0, 0.1) is 11.3 Å². The molecule has 3 nitrogen and oxygen atoms in total. The van der Waals surface area contributed by atoms with Gasteiger partial charge in [0.15, 0.2) is 0 Å². The average molecular weight is 471 g/mol. The Balaban J connectivity index is 2.08. The number of rotatable bonds is 7. The number of nitriles is 1. The minimum Gasteiger partial charge on any atom is -0.260 e. The first-order valence-electron chi connectivity index (χ1n) is 8.86. The topological polar surface area (TPSA) is 53.8 Å². The van der Waals surface area contributed by atoms with Crippen LogP contribution in [-0.4, -0.2) is 26.5 Å². The molecule has 0 saturated heterocycles. The standard InChI is InChI=1S/C22H19BrN2OS2/c1-2-28(26)13-12-27-22-20(15-24)19(16-6-4-3-5-7-16)14-21(25-22)17-8-10-18(23)11-9-17/h3-11,14H,2,12-13H2,1H3/t28-/m0/s1. The van der Waals surface area contributed by atoms with Gasteiger partial charge in [-0.2, -0.15) is 5.26 Å². The van der Waals surface area contributed by atoms with Crippen LogP contribution in [0.3, 0.4) is 0 Å². The van der Waals surface area contributed by atoms with Crippen molar-refractivity contribution in [1.29, 1.82) is 5.26 Å². The van der Waals surface area contributed by atoms with E-state index in [9.17, 15) is 9.47 Å². The lowest BCUT2D eigenvalue weighted by atomic mass is 9.99. The van der Waals surface area contributed by atoms with Crippen molar-refractivity contribution in [3.63, 3.8) is 0 Å². The molecule has 6 heteroatoms. The molecule has 2 aromatic carbocycles. The van der Waals surface area contributed by atoms with E-state index >= 15 is 0 Å². The average Bonchev–Trinajstić information content (AvgIpc) is 2.74. The molecule has 0 spiro atoms. The molecule has 0 saturated carbocycles. The molecule has 3 aromatic rings. The van der Waals surface area contributed by atoms with Crippen LogP contribution in [0.1, 0.15) is 12.5 Å². The Morgan fingerprint density at radius 3 is 2.46 bits per heavy atom. The molecule has 0 amide bonds. The summed E-state index contributed by atoms with van der Waals surface area (Å²) in [6.45, 7) is 1.92. The summed E-state index contributed by atoms with van der Waals surface area (Å²) in [5.74, 6) is 1.91. The predicted molar refractivity (Wildman–Crippen MR) is 122 cm³/mol. The molecular formula is C22H19BrN2OS2. The Hall–Kier alpha value is -1.94. The Morgan fingerprint density at radius 1 is 1.11 bits per heavy atom. The molecule has 0 fully saturated rings. The largest absolute Gasteiger partial charge is 0.260 e.